The Morgan fingerprint density at radius 3 is 2.17 bits per heavy atom. The number of benzene rings is 1. The van der Waals surface area contributed by atoms with Crippen molar-refractivity contribution in [2.45, 2.75) is 51.4 Å². The Morgan fingerprint density at radius 2 is 1.57 bits per heavy atom. The molecule has 0 unspecified atom stereocenters. The van der Waals surface area contributed by atoms with E-state index in [2.05, 4.69) is 5.32 Å². The number of piperidine rings is 1. The molecule has 1 N–H and O–H groups in total. The molecule has 0 aromatic heterocycles. The molecule has 5 aliphatic rings. The van der Waals surface area contributed by atoms with E-state index in [9.17, 15) is 9.59 Å². The van der Waals surface area contributed by atoms with Crippen molar-refractivity contribution in [3.05, 3.63) is 42.0 Å². The van der Waals surface area contributed by atoms with Gasteiger partial charge in [0.15, 0.2) is 0 Å². The third kappa shape index (κ3) is 4.19. The van der Waals surface area contributed by atoms with E-state index in [0.717, 1.165) is 42.7 Å². The molecule has 1 aromatic rings. The Labute approximate surface area is 180 Å². The maximum atomic E-state index is 12.8. The summed E-state index contributed by atoms with van der Waals surface area (Å²) in [5.74, 6) is 3.09. The molecule has 1 aromatic carbocycles. The molecule has 1 heterocycles. The van der Waals surface area contributed by atoms with Crippen LogP contribution in [0.4, 0.5) is 0 Å². The molecule has 4 bridgehead atoms. The summed E-state index contributed by atoms with van der Waals surface area (Å²) in [7, 11) is 0. The van der Waals surface area contributed by atoms with Crippen molar-refractivity contribution in [3.8, 4) is 0 Å². The molecule has 6 rings (SSSR count). The van der Waals surface area contributed by atoms with Crippen LogP contribution < -0.4 is 5.32 Å². The van der Waals surface area contributed by atoms with Gasteiger partial charge in [0.1, 0.15) is 0 Å². The molecule has 4 heteroatoms. The molecule has 5 fully saturated rings. The summed E-state index contributed by atoms with van der Waals surface area (Å²) >= 11 is 0. The molecule has 0 spiro atoms. The second kappa shape index (κ2) is 8.20. The van der Waals surface area contributed by atoms with Crippen molar-refractivity contribution in [2.24, 2.45) is 29.1 Å². The van der Waals surface area contributed by atoms with Crippen LogP contribution >= 0.6 is 0 Å². The molecule has 1 saturated heterocycles. The Hall–Kier alpha value is -2.10. The van der Waals surface area contributed by atoms with Gasteiger partial charge in [0.25, 0.3) is 0 Å². The van der Waals surface area contributed by atoms with E-state index in [4.69, 9.17) is 0 Å². The van der Waals surface area contributed by atoms with Crippen molar-refractivity contribution in [3.63, 3.8) is 0 Å². The number of amides is 2. The average molecular weight is 407 g/mol. The van der Waals surface area contributed by atoms with Crippen LogP contribution in [0.5, 0.6) is 0 Å². The van der Waals surface area contributed by atoms with E-state index in [0.29, 0.717) is 18.5 Å². The quantitative estimate of drug-likeness (QED) is 0.743. The number of hydrogen-bond donors (Lipinski definition) is 1. The van der Waals surface area contributed by atoms with E-state index in [1.54, 1.807) is 6.08 Å². The second-order valence-corrected chi connectivity index (χ2v) is 10.5. The number of likely N-dealkylation sites (tertiary alicyclic amines) is 1. The van der Waals surface area contributed by atoms with Crippen molar-refractivity contribution >= 4 is 17.9 Å². The Kier molecular flexibility index (Phi) is 5.43. The van der Waals surface area contributed by atoms with Crippen molar-refractivity contribution in [1.29, 1.82) is 0 Å². The van der Waals surface area contributed by atoms with Gasteiger partial charge in [-0.2, -0.15) is 0 Å². The van der Waals surface area contributed by atoms with Gasteiger partial charge in [-0.15, -0.1) is 0 Å². The first-order chi connectivity index (χ1) is 14.6. The van der Waals surface area contributed by atoms with Crippen LogP contribution in [0.25, 0.3) is 6.08 Å². The highest BCUT2D eigenvalue weighted by molar-refractivity contribution is 5.92. The standard InChI is InChI=1S/C26H34N2O2/c29-24(7-6-19-4-2-1-3-5-19)28-10-8-23(9-11-28)25(30)27-18-26-15-20-12-21(16-26)14-22(13-20)17-26/h1-7,20-23H,8-18H2,(H,27,30)/b7-6-. The second-order valence-electron chi connectivity index (χ2n) is 10.5. The summed E-state index contributed by atoms with van der Waals surface area (Å²) in [6.45, 7) is 2.23. The third-order valence-electron chi connectivity index (χ3n) is 8.20. The zero-order chi connectivity index (χ0) is 20.6. The van der Waals surface area contributed by atoms with E-state index in [1.807, 2.05) is 41.3 Å². The van der Waals surface area contributed by atoms with Gasteiger partial charge in [-0.1, -0.05) is 30.3 Å². The monoisotopic (exact) mass is 406 g/mol. The molecule has 2 amide bonds. The number of carbonyl (C=O) groups is 2. The molecule has 30 heavy (non-hydrogen) atoms. The lowest BCUT2D eigenvalue weighted by Crippen LogP contribution is -2.52. The van der Waals surface area contributed by atoms with Gasteiger partial charge < -0.3 is 10.2 Å². The molecule has 0 atom stereocenters. The summed E-state index contributed by atoms with van der Waals surface area (Å²) in [6, 6.07) is 9.89. The minimum Gasteiger partial charge on any atom is -0.355 e. The zero-order valence-electron chi connectivity index (χ0n) is 17.9. The van der Waals surface area contributed by atoms with Crippen LogP contribution in [-0.4, -0.2) is 36.3 Å². The normalized spacial score (nSPS) is 33.2. The van der Waals surface area contributed by atoms with Gasteiger partial charge in [0, 0.05) is 31.6 Å². The van der Waals surface area contributed by atoms with E-state index < -0.39 is 0 Å². The molecule has 4 nitrogen and oxygen atoms in total. The van der Waals surface area contributed by atoms with Crippen LogP contribution in [0.1, 0.15) is 56.9 Å². The molecule has 160 valence electrons. The predicted molar refractivity (Wildman–Crippen MR) is 118 cm³/mol. The Bertz CT molecular complexity index is 772. The van der Waals surface area contributed by atoms with E-state index in [1.165, 1.54) is 38.5 Å². The lowest BCUT2D eigenvalue weighted by molar-refractivity contribution is -0.133. The highest BCUT2D eigenvalue weighted by Crippen LogP contribution is 2.59. The van der Waals surface area contributed by atoms with Crippen molar-refractivity contribution in [2.75, 3.05) is 19.6 Å². The van der Waals surface area contributed by atoms with Gasteiger partial charge >= 0.3 is 0 Å². The van der Waals surface area contributed by atoms with E-state index >= 15 is 0 Å². The van der Waals surface area contributed by atoms with Gasteiger partial charge in [-0.05, 0) is 86.2 Å². The summed E-state index contributed by atoms with van der Waals surface area (Å²) in [5.41, 5.74) is 1.42. The summed E-state index contributed by atoms with van der Waals surface area (Å²) in [5, 5.41) is 3.34. The fraction of sp³-hybridized carbons (Fsp3) is 0.615. The Morgan fingerprint density at radius 1 is 0.967 bits per heavy atom. The number of rotatable bonds is 5. The highest BCUT2D eigenvalue weighted by atomic mass is 16.2. The van der Waals surface area contributed by atoms with Gasteiger partial charge in [0.2, 0.25) is 11.8 Å². The van der Waals surface area contributed by atoms with Gasteiger partial charge in [-0.25, -0.2) is 0 Å². The zero-order valence-corrected chi connectivity index (χ0v) is 17.9. The largest absolute Gasteiger partial charge is 0.355 e. The molecule has 1 aliphatic heterocycles. The summed E-state index contributed by atoms with van der Waals surface area (Å²) in [4.78, 5) is 27.2. The molecular formula is C26H34N2O2. The molecular weight excluding hydrogens is 372 g/mol. The van der Waals surface area contributed by atoms with Gasteiger partial charge in [0.05, 0.1) is 0 Å². The lowest BCUT2D eigenvalue weighted by atomic mass is 9.49. The summed E-state index contributed by atoms with van der Waals surface area (Å²) < 4.78 is 0. The van der Waals surface area contributed by atoms with Crippen molar-refractivity contribution < 1.29 is 9.59 Å². The van der Waals surface area contributed by atoms with E-state index in [-0.39, 0.29) is 17.7 Å². The fourth-order valence-corrected chi connectivity index (χ4v) is 7.12. The molecule has 4 aliphatic carbocycles. The lowest BCUT2D eigenvalue weighted by Gasteiger charge is -2.57. The van der Waals surface area contributed by atoms with Crippen LogP contribution in [0, 0.1) is 29.1 Å². The first kappa shape index (κ1) is 19.8. The maximum absolute atomic E-state index is 12.8. The summed E-state index contributed by atoms with van der Waals surface area (Å²) in [6.07, 6.45) is 13.4. The fourth-order valence-electron chi connectivity index (χ4n) is 7.12. The van der Waals surface area contributed by atoms with Crippen LogP contribution in [-0.2, 0) is 9.59 Å². The SMILES string of the molecule is O=C(NCC12CC3CC(CC(C3)C1)C2)C1CCN(C(=O)/C=C\c2ccccc2)CC1. The Balaban J connectivity index is 1.09. The van der Waals surface area contributed by atoms with Crippen LogP contribution in [0.2, 0.25) is 0 Å². The third-order valence-corrected chi connectivity index (χ3v) is 8.20. The smallest absolute Gasteiger partial charge is 0.246 e. The first-order valence-electron chi connectivity index (χ1n) is 11.9. The van der Waals surface area contributed by atoms with Crippen molar-refractivity contribution in [1.82, 2.24) is 10.2 Å². The number of nitrogens with zero attached hydrogens (tertiary/aromatic N) is 1. The average Bonchev–Trinajstić information content (AvgIpc) is 2.76. The maximum Gasteiger partial charge on any atom is 0.246 e. The number of hydrogen-bond acceptors (Lipinski definition) is 2. The predicted octanol–water partition coefficient (Wildman–Crippen LogP) is 4.27. The minimum atomic E-state index is 0.0475. The number of carbonyl (C=O) groups excluding carboxylic acids is 2. The topological polar surface area (TPSA) is 49.4 Å². The van der Waals surface area contributed by atoms with Crippen LogP contribution in [0.15, 0.2) is 36.4 Å². The van der Waals surface area contributed by atoms with Gasteiger partial charge in [-0.3, -0.25) is 9.59 Å². The molecule has 4 saturated carbocycles. The minimum absolute atomic E-state index is 0.0475. The highest BCUT2D eigenvalue weighted by Gasteiger charge is 2.50. The first-order valence-corrected chi connectivity index (χ1v) is 11.9. The molecule has 0 radical (unpaired) electrons. The number of nitrogens with one attached hydrogen (secondary N) is 1. The van der Waals surface area contributed by atoms with Crippen LogP contribution in [0.3, 0.4) is 0 Å².